The normalized spacial score (nSPS) is 13.9. The van der Waals surface area contributed by atoms with Gasteiger partial charge in [0.15, 0.2) is 0 Å². The average molecular weight is 317 g/mol. The first-order valence-corrected chi connectivity index (χ1v) is 7.21. The summed E-state index contributed by atoms with van der Waals surface area (Å²) < 4.78 is 10.7. The van der Waals surface area contributed by atoms with E-state index < -0.39 is 17.9 Å². The van der Waals surface area contributed by atoms with Crippen LogP contribution in [-0.4, -0.2) is 36.7 Å². The lowest BCUT2D eigenvalue weighted by atomic mass is 10.1. The van der Waals surface area contributed by atoms with Crippen molar-refractivity contribution in [3.8, 4) is 11.5 Å². The van der Waals surface area contributed by atoms with Crippen LogP contribution in [0.5, 0.6) is 11.5 Å². The standard InChI is InChI=1S/C17H19NO5/c1-3-4-5-14(17(20)21)18-16(19)12-8-11-9-13(22-2)6-7-15(11)23-10-12/h3,6-9,14H,1,4-5,10H2,2H3,(H,18,19)(H,20,21). The Morgan fingerprint density at radius 2 is 2.30 bits per heavy atom. The molecular formula is C17H19NO5. The largest absolute Gasteiger partial charge is 0.497 e. The van der Waals surface area contributed by atoms with Crippen LogP contribution in [0.4, 0.5) is 0 Å². The van der Waals surface area contributed by atoms with E-state index in [0.717, 1.165) is 5.56 Å². The van der Waals surface area contributed by atoms with Gasteiger partial charge in [0.1, 0.15) is 24.1 Å². The molecule has 1 aromatic rings. The van der Waals surface area contributed by atoms with E-state index in [0.29, 0.717) is 29.9 Å². The Balaban J connectivity index is 2.14. The van der Waals surface area contributed by atoms with E-state index in [1.165, 1.54) is 0 Å². The van der Waals surface area contributed by atoms with Crippen LogP contribution in [0.15, 0.2) is 36.4 Å². The zero-order chi connectivity index (χ0) is 16.8. The van der Waals surface area contributed by atoms with Gasteiger partial charge in [-0.15, -0.1) is 6.58 Å². The van der Waals surface area contributed by atoms with Gasteiger partial charge in [0.2, 0.25) is 0 Å². The SMILES string of the molecule is C=CCCC(NC(=O)C1=Cc2cc(OC)ccc2OC1)C(=O)O. The van der Waals surface area contributed by atoms with Crippen LogP contribution in [0.25, 0.3) is 6.08 Å². The number of fused-ring (bicyclic) bond motifs is 1. The summed E-state index contributed by atoms with van der Waals surface area (Å²) in [6, 6.07) is 4.35. The summed E-state index contributed by atoms with van der Waals surface area (Å²) in [5, 5.41) is 11.7. The number of carboxylic acids is 1. The summed E-state index contributed by atoms with van der Waals surface area (Å²) in [7, 11) is 1.56. The quantitative estimate of drug-likeness (QED) is 0.751. The number of methoxy groups -OCH3 is 1. The lowest BCUT2D eigenvalue weighted by Crippen LogP contribution is -2.42. The van der Waals surface area contributed by atoms with E-state index in [9.17, 15) is 9.59 Å². The summed E-state index contributed by atoms with van der Waals surface area (Å²) in [5.41, 5.74) is 1.09. The van der Waals surface area contributed by atoms with Gasteiger partial charge in [-0.05, 0) is 37.1 Å². The highest BCUT2D eigenvalue weighted by atomic mass is 16.5. The van der Waals surface area contributed by atoms with E-state index in [1.54, 1.807) is 37.5 Å². The molecule has 0 fully saturated rings. The zero-order valence-electron chi connectivity index (χ0n) is 12.9. The van der Waals surface area contributed by atoms with Crippen molar-refractivity contribution in [1.82, 2.24) is 5.32 Å². The molecule has 1 amide bonds. The number of hydrogen-bond donors (Lipinski definition) is 2. The van der Waals surface area contributed by atoms with Gasteiger partial charge in [-0.25, -0.2) is 4.79 Å². The second-order valence-corrected chi connectivity index (χ2v) is 5.09. The molecule has 122 valence electrons. The maximum absolute atomic E-state index is 12.3. The molecule has 6 heteroatoms. The number of rotatable bonds is 7. The van der Waals surface area contributed by atoms with Gasteiger partial charge in [-0.3, -0.25) is 4.79 Å². The van der Waals surface area contributed by atoms with Gasteiger partial charge in [-0.2, -0.15) is 0 Å². The van der Waals surface area contributed by atoms with Gasteiger partial charge in [0, 0.05) is 5.56 Å². The number of carboxylic acid groups (broad SMARTS) is 1. The molecule has 23 heavy (non-hydrogen) atoms. The van der Waals surface area contributed by atoms with Crippen LogP contribution in [0, 0.1) is 0 Å². The maximum atomic E-state index is 12.3. The number of hydrogen-bond acceptors (Lipinski definition) is 4. The van der Waals surface area contributed by atoms with Crippen LogP contribution < -0.4 is 14.8 Å². The van der Waals surface area contributed by atoms with Crippen LogP contribution in [0.3, 0.4) is 0 Å². The lowest BCUT2D eigenvalue weighted by Gasteiger charge is -2.20. The molecule has 0 bridgehead atoms. The summed E-state index contributed by atoms with van der Waals surface area (Å²) in [6.07, 6.45) is 4.10. The molecule has 1 aliphatic heterocycles. The molecule has 0 spiro atoms. The highest BCUT2D eigenvalue weighted by molar-refractivity contribution is 6.00. The molecule has 2 N–H and O–H groups in total. The zero-order valence-corrected chi connectivity index (χ0v) is 12.9. The number of nitrogens with one attached hydrogen (secondary N) is 1. The van der Waals surface area contributed by atoms with Gasteiger partial charge in [0.25, 0.3) is 5.91 Å². The number of allylic oxidation sites excluding steroid dienone is 1. The Morgan fingerprint density at radius 3 is 2.96 bits per heavy atom. The van der Waals surface area contributed by atoms with Gasteiger partial charge < -0.3 is 19.9 Å². The fraction of sp³-hybridized carbons (Fsp3) is 0.294. The van der Waals surface area contributed by atoms with Crippen molar-refractivity contribution in [2.45, 2.75) is 18.9 Å². The highest BCUT2D eigenvalue weighted by Gasteiger charge is 2.23. The molecular weight excluding hydrogens is 298 g/mol. The number of ether oxygens (including phenoxy) is 2. The third-order valence-corrected chi connectivity index (χ3v) is 3.48. The van der Waals surface area contributed by atoms with Crippen LogP contribution >= 0.6 is 0 Å². The summed E-state index contributed by atoms with van der Waals surface area (Å²) >= 11 is 0. The molecule has 1 heterocycles. The minimum atomic E-state index is -1.07. The smallest absolute Gasteiger partial charge is 0.326 e. The third-order valence-electron chi connectivity index (χ3n) is 3.48. The van der Waals surface area contributed by atoms with Crippen molar-refractivity contribution in [2.24, 2.45) is 0 Å². The van der Waals surface area contributed by atoms with Crippen LogP contribution in [0.2, 0.25) is 0 Å². The van der Waals surface area contributed by atoms with E-state index in [4.69, 9.17) is 14.6 Å². The Hall–Kier alpha value is -2.76. The third kappa shape index (κ3) is 4.12. The van der Waals surface area contributed by atoms with Crippen molar-refractivity contribution < 1.29 is 24.2 Å². The van der Waals surface area contributed by atoms with Crippen LogP contribution in [0.1, 0.15) is 18.4 Å². The molecule has 0 saturated carbocycles. The summed E-state index contributed by atoms with van der Waals surface area (Å²) in [6.45, 7) is 3.65. The molecule has 1 aliphatic rings. The Kier molecular flexibility index (Phi) is 5.41. The fourth-order valence-corrected chi connectivity index (χ4v) is 2.21. The molecule has 1 unspecified atom stereocenters. The van der Waals surface area contributed by atoms with Gasteiger partial charge >= 0.3 is 5.97 Å². The second kappa shape index (κ2) is 7.49. The first-order chi connectivity index (χ1) is 11.0. The number of amides is 1. The topological polar surface area (TPSA) is 84.9 Å². The van der Waals surface area contributed by atoms with Crippen LogP contribution in [-0.2, 0) is 9.59 Å². The van der Waals surface area contributed by atoms with Crippen molar-refractivity contribution in [1.29, 1.82) is 0 Å². The second-order valence-electron chi connectivity index (χ2n) is 5.09. The molecule has 2 rings (SSSR count). The van der Waals surface area contributed by atoms with Crippen molar-refractivity contribution in [3.05, 3.63) is 42.0 Å². The first kappa shape index (κ1) is 16.6. The summed E-state index contributed by atoms with van der Waals surface area (Å²) in [4.78, 5) is 23.4. The van der Waals surface area contributed by atoms with Crippen molar-refractivity contribution in [3.63, 3.8) is 0 Å². The minimum Gasteiger partial charge on any atom is -0.497 e. The van der Waals surface area contributed by atoms with E-state index in [1.807, 2.05) is 0 Å². The van der Waals surface area contributed by atoms with Crippen molar-refractivity contribution in [2.75, 3.05) is 13.7 Å². The first-order valence-electron chi connectivity index (χ1n) is 7.21. The molecule has 0 saturated heterocycles. The number of carbonyl (C=O) groups is 2. The number of benzene rings is 1. The lowest BCUT2D eigenvalue weighted by molar-refractivity contribution is -0.141. The molecule has 6 nitrogen and oxygen atoms in total. The van der Waals surface area contributed by atoms with Gasteiger partial charge in [0.05, 0.1) is 12.7 Å². The average Bonchev–Trinajstić information content (AvgIpc) is 2.56. The predicted molar refractivity (Wildman–Crippen MR) is 85.5 cm³/mol. The predicted octanol–water partition coefficient (Wildman–Crippen LogP) is 2.01. The Labute approximate surface area is 134 Å². The highest BCUT2D eigenvalue weighted by Crippen LogP contribution is 2.29. The van der Waals surface area contributed by atoms with E-state index in [-0.39, 0.29) is 6.61 Å². The molecule has 0 radical (unpaired) electrons. The monoisotopic (exact) mass is 317 g/mol. The minimum absolute atomic E-state index is 0.0962. The maximum Gasteiger partial charge on any atom is 0.326 e. The molecule has 0 aromatic heterocycles. The Bertz CT molecular complexity index is 650. The number of aliphatic carboxylic acids is 1. The molecule has 1 aromatic carbocycles. The molecule has 1 atom stereocenters. The van der Waals surface area contributed by atoms with E-state index >= 15 is 0 Å². The van der Waals surface area contributed by atoms with Gasteiger partial charge in [-0.1, -0.05) is 6.08 Å². The fourth-order valence-electron chi connectivity index (χ4n) is 2.21. The summed E-state index contributed by atoms with van der Waals surface area (Å²) in [5.74, 6) is -0.210. The van der Waals surface area contributed by atoms with E-state index in [2.05, 4.69) is 11.9 Å². The molecule has 0 aliphatic carbocycles. The number of carbonyl (C=O) groups excluding carboxylic acids is 1. The van der Waals surface area contributed by atoms with Crippen molar-refractivity contribution >= 4 is 18.0 Å². The Morgan fingerprint density at radius 1 is 1.52 bits per heavy atom.